The molecule has 25 heavy (non-hydrogen) atoms. The summed E-state index contributed by atoms with van der Waals surface area (Å²) in [5.41, 5.74) is 0. The molecule has 2 heterocycles. The summed E-state index contributed by atoms with van der Waals surface area (Å²) < 4.78 is 29.2. The number of carbonyl (C=O) groups is 2. The molecule has 2 saturated heterocycles. The average Bonchev–Trinajstić information content (AvgIpc) is 3.17. The number of carboxylic acid groups (broad SMARTS) is 1. The molecule has 3 atom stereocenters. The molecule has 2 aliphatic rings. The number of hydrogen-bond acceptors (Lipinski definition) is 6. The van der Waals surface area contributed by atoms with Crippen molar-refractivity contribution in [3.8, 4) is 0 Å². The van der Waals surface area contributed by atoms with Gasteiger partial charge in [0, 0.05) is 19.2 Å². The molecular weight excluding hydrogens is 348 g/mol. The first-order valence-electron chi connectivity index (χ1n) is 8.90. The normalized spacial score (nSPS) is 26.4. The van der Waals surface area contributed by atoms with Crippen molar-refractivity contribution in [2.75, 3.05) is 31.2 Å². The molecule has 2 N–H and O–H groups in total. The van der Waals surface area contributed by atoms with Crippen LogP contribution in [0.5, 0.6) is 0 Å². The lowest BCUT2D eigenvalue weighted by molar-refractivity contribution is -0.140. The van der Waals surface area contributed by atoms with Gasteiger partial charge < -0.3 is 14.7 Å². The molecule has 8 nitrogen and oxygen atoms in total. The van der Waals surface area contributed by atoms with E-state index in [-0.39, 0.29) is 36.1 Å². The molecule has 2 fully saturated rings. The Morgan fingerprint density at radius 1 is 1.36 bits per heavy atom. The third-order valence-electron chi connectivity index (χ3n) is 4.77. The number of carboxylic acids is 1. The van der Waals surface area contributed by atoms with Crippen LogP contribution in [0, 0.1) is 0 Å². The fourth-order valence-corrected chi connectivity index (χ4v) is 5.13. The third kappa shape index (κ3) is 5.93. The van der Waals surface area contributed by atoms with Crippen LogP contribution in [0.3, 0.4) is 0 Å². The Bertz CT molecular complexity index is 573. The highest BCUT2D eigenvalue weighted by Crippen LogP contribution is 2.21. The molecule has 0 spiro atoms. The first-order chi connectivity index (χ1) is 11.8. The van der Waals surface area contributed by atoms with Gasteiger partial charge in [-0.3, -0.25) is 14.9 Å². The fourth-order valence-electron chi connectivity index (χ4n) is 3.40. The molecule has 0 aromatic carbocycles. The largest absolute Gasteiger partial charge is 0.480 e. The summed E-state index contributed by atoms with van der Waals surface area (Å²) >= 11 is 0. The number of nitrogens with one attached hydrogen (secondary N) is 1. The number of sulfone groups is 1. The second-order valence-corrected chi connectivity index (χ2v) is 9.03. The van der Waals surface area contributed by atoms with Crippen molar-refractivity contribution in [2.24, 2.45) is 0 Å². The van der Waals surface area contributed by atoms with Gasteiger partial charge in [-0.1, -0.05) is 13.3 Å². The Labute approximate surface area is 148 Å². The standard InChI is InChI=1S/C16H28N2O6S/c1-2-4-14(16(20)21)17-9-15(19)18(10-13-5-3-7-24-13)12-6-8-25(22,23)11-12/h12-14,17H,2-11H2,1H3,(H,20,21). The van der Waals surface area contributed by atoms with Gasteiger partial charge in [0.2, 0.25) is 5.91 Å². The van der Waals surface area contributed by atoms with E-state index in [1.165, 1.54) is 0 Å². The molecule has 0 saturated carbocycles. The SMILES string of the molecule is CCCC(NCC(=O)N(CC1CCCO1)C1CCS(=O)(=O)C1)C(=O)O. The van der Waals surface area contributed by atoms with Gasteiger partial charge >= 0.3 is 5.97 Å². The minimum absolute atomic E-state index is 0.0250. The minimum Gasteiger partial charge on any atom is -0.480 e. The molecule has 0 aliphatic carbocycles. The van der Waals surface area contributed by atoms with E-state index in [1.54, 1.807) is 4.90 Å². The number of nitrogens with zero attached hydrogens (tertiary/aromatic N) is 1. The summed E-state index contributed by atoms with van der Waals surface area (Å²) in [6.45, 7) is 2.80. The van der Waals surface area contributed by atoms with E-state index in [0.717, 1.165) is 12.8 Å². The first kappa shape index (κ1) is 20.1. The molecular formula is C16H28N2O6S. The van der Waals surface area contributed by atoms with Crippen LogP contribution in [0.15, 0.2) is 0 Å². The quantitative estimate of drug-likeness (QED) is 0.583. The molecule has 2 rings (SSSR count). The van der Waals surface area contributed by atoms with Crippen molar-refractivity contribution in [1.29, 1.82) is 0 Å². The fraction of sp³-hybridized carbons (Fsp3) is 0.875. The van der Waals surface area contributed by atoms with E-state index >= 15 is 0 Å². The zero-order valence-electron chi connectivity index (χ0n) is 14.6. The lowest BCUT2D eigenvalue weighted by atomic mass is 10.1. The second kappa shape index (κ2) is 8.95. The van der Waals surface area contributed by atoms with Gasteiger partial charge in [-0.2, -0.15) is 0 Å². The summed E-state index contributed by atoms with van der Waals surface area (Å²) in [4.78, 5) is 25.5. The van der Waals surface area contributed by atoms with E-state index in [0.29, 0.717) is 32.4 Å². The average molecular weight is 376 g/mol. The zero-order valence-corrected chi connectivity index (χ0v) is 15.5. The van der Waals surface area contributed by atoms with Crippen LogP contribution in [0.25, 0.3) is 0 Å². The Kier molecular flexibility index (Phi) is 7.21. The van der Waals surface area contributed by atoms with Crippen molar-refractivity contribution < 1.29 is 27.9 Å². The predicted octanol–water partition coefficient (Wildman–Crippen LogP) is 0.0240. The van der Waals surface area contributed by atoms with E-state index in [1.807, 2.05) is 6.92 Å². The molecule has 9 heteroatoms. The smallest absolute Gasteiger partial charge is 0.320 e. The Hall–Kier alpha value is -1.19. The molecule has 144 valence electrons. The van der Waals surface area contributed by atoms with Crippen molar-refractivity contribution in [2.45, 2.75) is 57.2 Å². The van der Waals surface area contributed by atoms with Crippen LogP contribution in [0.1, 0.15) is 39.0 Å². The van der Waals surface area contributed by atoms with Crippen LogP contribution in [0.2, 0.25) is 0 Å². The maximum atomic E-state index is 12.7. The number of aliphatic carboxylic acids is 1. The summed E-state index contributed by atoms with van der Waals surface area (Å²) in [5.74, 6) is -1.18. The molecule has 0 bridgehead atoms. The molecule has 0 aromatic rings. The van der Waals surface area contributed by atoms with Crippen LogP contribution in [-0.4, -0.2) is 79.7 Å². The Balaban J connectivity index is 2.00. The summed E-state index contributed by atoms with van der Waals surface area (Å²) in [6.07, 6.45) is 3.27. The van der Waals surface area contributed by atoms with Gasteiger partial charge in [-0.05, 0) is 25.7 Å². The Morgan fingerprint density at radius 2 is 2.12 bits per heavy atom. The second-order valence-electron chi connectivity index (χ2n) is 6.80. The highest BCUT2D eigenvalue weighted by Gasteiger charge is 2.36. The Morgan fingerprint density at radius 3 is 2.64 bits per heavy atom. The molecule has 0 aromatic heterocycles. The molecule has 2 aliphatic heterocycles. The maximum Gasteiger partial charge on any atom is 0.320 e. The van der Waals surface area contributed by atoms with E-state index < -0.39 is 21.8 Å². The van der Waals surface area contributed by atoms with Gasteiger partial charge in [0.25, 0.3) is 0 Å². The van der Waals surface area contributed by atoms with Crippen molar-refractivity contribution in [3.63, 3.8) is 0 Å². The van der Waals surface area contributed by atoms with Crippen molar-refractivity contribution in [1.82, 2.24) is 10.2 Å². The zero-order chi connectivity index (χ0) is 18.4. The van der Waals surface area contributed by atoms with E-state index in [2.05, 4.69) is 5.32 Å². The number of rotatable bonds is 9. The predicted molar refractivity (Wildman–Crippen MR) is 92.1 cm³/mol. The van der Waals surface area contributed by atoms with Crippen LogP contribution in [0.4, 0.5) is 0 Å². The van der Waals surface area contributed by atoms with E-state index in [4.69, 9.17) is 4.74 Å². The van der Waals surface area contributed by atoms with Gasteiger partial charge in [-0.15, -0.1) is 0 Å². The third-order valence-corrected chi connectivity index (χ3v) is 6.52. The van der Waals surface area contributed by atoms with E-state index in [9.17, 15) is 23.1 Å². The summed E-state index contributed by atoms with van der Waals surface area (Å²) in [7, 11) is -3.11. The van der Waals surface area contributed by atoms with Crippen LogP contribution >= 0.6 is 0 Å². The van der Waals surface area contributed by atoms with Gasteiger partial charge in [-0.25, -0.2) is 8.42 Å². The van der Waals surface area contributed by atoms with Gasteiger partial charge in [0.05, 0.1) is 24.2 Å². The first-order valence-corrected chi connectivity index (χ1v) is 10.7. The summed E-state index contributed by atoms with van der Waals surface area (Å²) in [6, 6.07) is -1.12. The summed E-state index contributed by atoms with van der Waals surface area (Å²) in [5, 5.41) is 12.0. The number of carbonyl (C=O) groups excluding carboxylic acids is 1. The molecule has 1 amide bonds. The monoisotopic (exact) mass is 376 g/mol. The van der Waals surface area contributed by atoms with Crippen molar-refractivity contribution in [3.05, 3.63) is 0 Å². The van der Waals surface area contributed by atoms with Gasteiger partial charge in [0.15, 0.2) is 9.84 Å². The van der Waals surface area contributed by atoms with Crippen LogP contribution < -0.4 is 5.32 Å². The number of ether oxygens (including phenoxy) is 1. The minimum atomic E-state index is -3.11. The molecule has 3 unspecified atom stereocenters. The highest BCUT2D eigenvalue weighted by atomic mass is 32.2. The lowest BCUT2D eigenvalue weighted by Crippen LogP contribution is -2.50. The molecule has 0 radical (unpaired) electrons. The topological polar surface area (TPSA) is 113 Å². The van der Waals surface area contributed by atoms with Gasteiger partial charge in [0.1, 0.15) is 6.04 Å². The van der Waals surface area contributed by atoms with Crippen LogP contribution in [-0.2, 0) is 24.2 Å². The maximum absolute atomic E-state index is 12.7. The lowest BCUT2D eigenvalue weighted by Gasteiger charge is -2.31. The highest BCUT2D eigenvalue weighted by molar-refractivity contribution is 7.91. The number of hydrogen-bond donors (Lipinski definition) is 2. The number of amides is 1. The van der Waals surface area contributed by atoms with Crippen molar-refractivity contribution >= 4 is 21.7 Å².